The van der Waals surface area contributed by atoms with E-state index >= 15 is 0 Å². The summed E-state index contributed by atoms with van der Waals surface area (Å²) in [5, 5.41) is 4.94. The molecule has 2 saturated carbocycles. The predicted octanol–water partition coefficient (Wildman–Crippen LogP) is 3.92. The lowest BCUT2D eigenvalue weighted by Gasteiger charge is -2.20. The van der Waals surface area contributed by atoms with Crippen molar-refractivity contribution in [1.29, 1.82) is 0 Å². The molecule has 3 unspecified atom stereocenters. The van der Waals surface area contributed by atoms with E-state index in [4.69, 9.17) is 10.8 Å². The summed E-state index contributed by atoms with van der Waals surface area (Å²) >= 11 is 0. The van der Waals surface area contributed by atoms with Gasteiger partial charge in [-0.3, -0.25) is 0 Å². The molecule has 0 radical (unpaired) electrons. The van der Waals surface area contributed by atoms with E-state index in [-0.39, 0.29) is 0 Å². The zero-order valence-corrected chi connectivity index (χ0v) is 12.6. The third-order valence-electron chi connectivity index (χ3n) is 5.50. The number of anilines is 1. The summed E-state index contributed by atoms with van der Waals surface area (Å²) in [5.74, 6) is 3.26. The van der Waals surface area contributed by atoms with E-state index in [2.05, 4.69) is 19.1 Å². The fourth-order valence-electron chi connectivity index (χ4n) is 4.49. The minimum absolute atomic E-state index is 0.644. The van der Waals surface area contributed by atoms with Crippen LogP contribution in [0.3, 0.4) is 0 Å². The topological polar surface area (TPSA) is 43.8 Å². The van der Waals surface area contributed by atoms with E-state index in [0.29, 0.717) is 5.92 Å². The van der Waals surface area contributed by atoms with Gasteiger partial charge in [-0.25, -0.2) is 4.68 Å². The van der Waals surface area contributed by atoms with Gasteiger partial charge in [-0.2, -0.15) is 5.10 Å². The normalized spacial score (nSPS) is 27.4. The lowest BCUT2D eigenvalue weighted by atomic mass is 9.84. The van der Waals surface area contributed by atoms with Crippen LogP contribution in [-0.4, -0.2) is 9.78 Å². The van der Waals surface area contributed by atoms with Crippen LogP contribution in [0, 0.1) is 11.8 Å². The van der Waals surface area contributed by atoms with Crippen LogP contribution >= 0.6 is 0 Å². The minimum atomic E-state index is 0.644. The van der Waals surface area contributed by atoms with Gasteiger partial charge in [-0.15, -0.1) is 0 Å². The summed E-state index contributed by atoms with van der Waals surface area (Å²) in [6, 6.07) is 10.3. The summed E-state index contributed by atoms with van der Waals surface area (Å²) in [6.07, 6.45) is 6.52. The average Bonchev–Trinajstić information content (AvgIpc) is 3.21. The fraction of sp³-hybridized carbons (Fsp3) is 0.500. The Morgan fingerprint density at radius 2 is 2.00 bits per heavy atom. The van der Waals surface area contributed by atoms with Crippen molar-refractivity contribution in [2.24, 2.45) is 11.8 Å². The molecule has 2 fully saturated rings. The number of nitrogens with two attached hydrogens (primary N) is 1. The van der Waals surface area contributed by atoms with Gasteiger partial charge in [0, 0.05) is 11.5 Å². The Hall–Kier alpha value is -1.77. The van der Waals surface area contributed by atoms with Crippen molar-refractivity contribution in [3.05, 3.63) is 41.6 Å². The molecule has 1 heterocycles. The molecule has 110 valence electrons. The Morgan fingerprint density at radius 3 is 2.62 bits per heavy atom. The molecule has 2 aliphatic rings. The molecule has 2 N–H and O–H groups in total. The van der Waals surface area contributed by atoms with Gasteiger partial charge in [0.05, 0.1) is 11.4 Å². The number of fused-ring (bicyclic) bond motifs is 2. The molecule has 2 aromatic rings. The van der Waals surface area contributed by atoms with E-state index in [1.54, 1.807) is 0 Å². The highest BCUT2D eigenvalue weighted by Gasteiger charge is 2.42. The summed E-state index contributed by atoms with van der Waals surface area (Å²) in [6.45, 7) is 2.19. The SMILES string of the molecule is CCc1c(C2CC3CCC2C3)nn(-c2ccccc2)c1N. The predicted molar refractivity (Wildman–Crippen MR) is 85.5 cm³/mol. The Morgan fingerprint density at radius 1 is 1.19 bits per heavy atom. The molecular formula is C18H23N3. The van der Waals surface area contributed by atoms with E-state index in [0.717, 1.165) is 29.8 Å². The Bertz CT molecular complexity index is 644. The fourth-order valence-corrected chi connectivity index (χ4v) is 4.49. The summed E-state index contributed by atoms with van der Waals surface area (Å²) < 4.78 is 1.94. The number of para-hydroxylation sites is 1. The zero-order valence-electron chi connectivity index (χ0n) is 12.6. The van der Waals surface area contributed by atoms with Gasteiger partial charge in [-0.05, 0) is 49.7 Å². The molecule has 1 aromatic carbocycles. The lowest BCUT2D eigenvalue weighted by molar-refractivity contribution is 0.410. The van der Waals surface area contributed by atoms with Crippen molar-refractivity contribution in [3.8, 4) is 5.69 Å². The molecule has 3 nitrogen and oxygen atoms in total. The van der Waals surface area contributed by atoms with Crippen LogP contribution in [0.5, 0.6) is 0 Å². The lowest BCUT2D eigenvalue weighted by Crippen LogP contribution is -2.11. The highest BCUT2D eigenvalue weighted by atomic mass is 15.3. The van der Waals surface area contributed by atoms with Gasteiger partial charge in [0.2, 0.25) is 0 Å². The van der Waals surface area contributed by atoms with Crippen LogP contribution < -0.4 is 5.73 Å². The molecule has 0 saturated heterocycles. The summed E-state index contributed by atoms with van der Waals surface area (Å²) in [4.78, 5) is 0. The maximum Gasteiger partial charge on any atom is 0.130 e. The molecule has 21 heavy (non-hydrogen) atoms. The first-order valence-electron chi connectivity index (χ1n) is 8.20. The molecule has 3 atom stereocenters. The smallest absolute Gasteiger partial charge is 0.130 e. The van der Waals surface area contributed by atoms with E-state index in [1.807, 2.05) is 22.9 Å². The largest absolute Gasteiger partial charge is 0.383 e. The van der Waals surface area contributed by atoms with E-state index in [9.17, 15) is 0 Å². The molecule has 1 aromatic heterocycles. The average molecular weight is 281 g/mol. The third kappa shape index (κ3) is 1.98. The number of hydrogen-bond acceptors (Lipinski definition) is 2. The number of rotatable bonds is 3. The van der Waals surface area contributed by atoms with Crippen molar-refractivity contribution in [2.75, 3.05) is 5.73 Å². The maximum absolute atomic E-state index is 6.41. The van der Waals surface area contributed by atoms with Crippen LogP contribution in [-0.2, 0) is 6.42 Å². The highest BCUT2D eigenvalue weighted by Crippen LogP contribution is 2.53. The second kappa shape index (κ2) is 4.90. The van der Waals surface area contributed by atoms with Crippen LogP contribution in [0.2, 0.25) is 0 Å². The van der Waals surface area contributed by atoms with Gasteiger partial charge in [-0.1, -0.05) is 31.5 Å². The molecule has 4 rings (SSSR count). The Kier molecular flexibility index (Phi) is 3.02. The molecule has 0 aliphatic heterocycles. The van der Waals surface area contributed by atoms with E-state index < -0.39 is 0 Å². The molecule has 2 bridgehead atoms. The minimum Gasteiger partial charge on any atom is -0.383 e. The first-order valence-corrected chi connectivity index (χ1v) is 8.20. The second-order valence-electron chi connectivity index (χ2n) is 6.63. The number of nitrogen functional groups attached to an aromatic ring is 1. The van der Waals surface area contributed by atoms with Gasteiger partial charge >= 0.3 is 0 Å². The number of nitrogens with zero attached hydrogens (tertiary/aromatic N) is 2. The number of aromatic nitrogens is 2. The molecule has 0 amide bonds. The van der Waals surface area contributed by atoms with E-state index in [1.165, 1.54) is 36.9 Å². The number of benzene rings is 1. The van der Waals surface area contributed by atoms with Gasteiger partial charge in [0.1, 0.15) is 5.82 Å². The van der Waals surface area contributed by atoms with Crippen molar-refractivity contribution >= 4 is 5.82 Å². The summed E-state index contributed by atoms with van der Waals surface area (Å²) in [5.41, 5.74) is 10.0. The zero-order chi connectivity index (χ0) is 14.4. The number of hydrogen-bond donors (Lipinski definition) is 1. The Labute approximate surface area is 126 Å². The third-order valence-corrected chi connectivity index (χ3v) is 5.50. The molecule has 3 heteroatoms. The standard InChI is InChI=1S/C18H23N3/c1-2-15-17(16-11-12-8-9-13(16)10-12)20-21(18(15)19)14-6-4-3-5-7-14/h3-7,12-13,16H,2,8-11,19H2,1H3. The van der Waals surface area contributed by atoms with Gasteiger partial charge in [0.25, 0.3) is 0 Å². The van der Waals surface area contributed by atoms with Crippen molar-refractivity contribution in [3.63, 3.8) is 0 Å². The van der Waals surface area contributed by atoms with Crippen LogP contribution in [0.25, 0.3) is 5.69 Å². The summed E-state index contributed by atoms with van der Waals surface area (Å²) in [7, 11) is 0. The first-order chi connectivity index (χ1) is 10.3. The first kappa shape index (κ1) is 12.9. The molecule has 0 spiro atoms. The second-order valence-corrected chi connectivity index (χ2v) is 6.63. The monoisotopic (exact) mass is 281 g/mol. The van der Waals surface area contributed by atoms with Crippen molar-refractivity contribution in [2.45, 2.75) is 44.9 Å². The van der Waals surface area contributed by atoms with Crippen molar-refractivity contribution in [1.82, 2.24) is 9.78 Å². The van der Waals surface area contributed by atoms with Crippen LogP contribution in [0.4, 0.5) is 5.82 Å². The van der Waals surface area contributed by atoms with Crippen LogP contribution in [0.15, 0.2) is 30.3 Å². The van der Waals surface area contributed by atoms with Crippen LogP contribution in [0.1, 0.15) is 49.8 Å². The van der Waals surface area contributed by atoms with Gasteiger partial charge in [0.15, 0.2) is 0 Å². The van der Waals surface area contributed by atoms with Gasteiger partial charge < -0.3 is 5.73 Å². The molecular weight excluding hydrogens is 258 g/mol. The maximum atomic E-state index is 6.41. The molecule has 2 aliphatic carbocycles. The highest BCUT2D eigenvalue weighted by molar-refractivity contribution is 5.51. The Balaban J connectivity index is 1.78. The quantitative estimate of drug-likeness (QED) is 0.926. The van der Waals surface area contributed by atoms with Crippen molar-refractivity contribution < 1.29 is 0 Å².